The summed E-state index contributed by atoms with van der Waals surface area (Å²) in [5.41, 5.74) is 0.307. The van der Waals surface area contributed by atoms with Gasteiger partial charge in [0, 0.05) is 10.9 Å². The van der Waals surface area contributed by atoms with Crippen LogP contribution in [0.5, 0.6) is 5.75 Å². The van der Waals surface area contributed by atoms with Gasteiger partial charge in [-0.25, -0.2) is 14.2 Å². The molecule has 0 amide bonds. The molecule has 146 valence electrons. The Kier molecular flexibility index (Phi) is 5.54. The van der Waals surface area contributed by atoms with Crippen molar-refractivity contribution in [3.8, 4) is 16.3 Å². The van der Waals surface area contributed by atoms with Gasteiger partial charge in [0.2, 0.25) is 0 Å². The van der Waals surface area contributed by atoms with Crippen molar-refractivity contribution >= 4 is 44.6 Å². The number of hydrogen-bond acceptors (Lipinski definition) is 6. The van der Waals surface area contributed by atoms with Crippen LogP contribution in [-0.2, 0) is 10.0 Å². The molecule has 0 saturated carbocycles. The number of anilines is 1. The highest BCUT2D eigenvalue weighted by Gasteiger charge is 2.22. The molecule has 0 aliphatic rings. The number of halogens is 2. The number of carboxylic acid groups (broad SMARTS) is 1. The smallest absolute Gasteiger partial charge is 0.337 e. The fraction of sp³-hybridized carbons (Fsp3) is 0.0588. The average Bonchev–Trinajstić information content (AvgIpc) is 3.13. The lowest BCUT2D eigenvalue weighted by molar-refractivity contribution is 0.0696. The number of aromatic nitrogens is 1. The Hall–Kier alpha value is -2.69. The molecular weight excluding hydrogens is 431 g/mol. The molecule has 0 radical (unpaired) electrons. The van der Waals surface area contributed by atoms with Crippen LogP contribution in [-0.4, -0.2) is 31.6 Å². The maximum atomic E-state index is 13.0. The largest absolute Gasteiger partial charge is 0.495 e. The Morgan fingerprint density at radius 2 is 1.96 bits per heavy atom. The number of carbonyl (C=O) groups is 1. The Labute approximate surface area is 168 Å². The van der Waals surface area contributed by atoms with Gasteiger partial charge in [-0.15, -0.1) is 11.3 Å². The Morgan fingerprint density at radius 1 is 1.29 bits per heavy atom. The fourth-order valence-corrected chi connectivity index (χ4v) is 4.68. The number of nitrogens with zero attached hydrogens (tertiary/aromatic N) is 1. The minimum Gasteiger partial charge on any atom is -0.495 e. The van der Waals surface area contributed by atoms with Crippen LogP contribution in [0.3, 0.4) is 0 Å². The molecule has 3 rings (SSSR count). The number of sulfonamides is 1. The second-order valence-corrected chi connectivity index (χ2v) is 8.34. The quantitative estimate of drug-likeness (QED) is 0.595. The van der Waals surface area contributed by atoms with Crippen LogP contribution in [0, 0.1) is 5.82 Å². The molecule has 0 unspecified atom stereocenters. The number of rotatable bonds is 6. The van der Waals surface area contributed by atoms with E-state index in [1.54, 1.807) is 0 Å². The molecule has 0 aliphatic carbocycles. The van der Waals surface area contributed by atoms with Crippen LogP contribution in [0.1, 0.15) is 10.4 Å². The maximum Gasteiger partial charge on any atom is 0.337 e. The topological polar surface area (TPSA) is 106 Å². The van der Waals surface area contributed by atoms with E-state index >= 15 is 0 Å². The number of carboxylic acids is 1. The number of methoxy groups -OCH3 is 1. The van der Waals surface area contributed by atoms with Crippen molar-refractivity contribution in [2.75, 3.05) is 11.8 Å². The van der Waals surface area contributed by atoms with Gasteiger partial charge in [-0.05, 0) is 36.4 Å². The Morgan fingerprint density at radius 3 is 2.57 bits per heavy atom. The lowest BCUT2D eigenvalue weighted by Gasteiger charge is -2.12. The summed E-state index contributed by atoms with van der Waals surface area (Å²) in [5, 5.41) is 10.4. The van der Waals surface area contributed by atoms with Crippen LogP contribution >= 0.6 is 22.9 Å². The van der Waals surface area contributed by atoms with E-state index in [0.29, 0.717) is 10.6 Å². The highest BCUT2D eigenvalue weighted by molar-refractivity contribution is 7.92. The molecular formula is C17H12ClFN2O5S2. The van der Waals surface area contributed by atoms with Crippen molar-refractivity contribution in [2.24, 2.45) is 0 Å². The van der Waals surface area contributed by atoms with Crippen LogP contribution < -0.4 is 9.46 Å². The summed E-state index contributed by atoms with van der Waals surface area (Å²) in [5.74, 6) is -1.70. The zero-order valence-corrected chi connectivity index (χ0v) is 16.5. The van der Waals surface area contributed by atoms with Crippen molar-refractivity contribution in [1.82, 2.24) is 4.98 Å². The molecule has 0 fully saturated rings. The predicted octanol–water partition coefficient (Wildman–Crippen LogP) is 4.11. The molecule has 2 aromatic carbocycles. The third-order valence-corrected chi connectivity index (χ3v) is 6.22. The first-order valence-corrected chi connectivity index (χ1v) is 10.3. The van der Waals surface area contributed by atoms with Crippen molar-refractivity contribution in [1.29, 1.82) is 0 Å². The lowest BCUT2D eigenvalue weighted by Crippen LogP contribution is -2.14. The molecule has 0 spiro atoms. The first kappa shape index (κ1) is 20.1. The second kappa shape index (κ2) is 7.74. The minimum absolute atomic E-state index is 0.0145. The van der Waals surface area contributed by atoms with Gasteiger partial charge in [-0.1, -0.05) is 11.6 Å². The number of aromatic carboxylic acids is 1. The van der Waals surface area contributed by atoms with Crippen LogP contribution in [0.25, 0.3) is 10.6 Å². The normalized spacial score (nSPS) is 11.2. The standard InChI is InChI=1S/C17H12ClFN2O5S2/c1-26-14-6-11(17(22)23)12(18)7-13(14)21-28(24,25)15-8-27-16(20-15)9-2-4-10(19)5-3-9/h2-8,21H,1H3,(H,22,23). The molecule has 1 aromatic heterocycles. The summed E-state index contributed by atoms with van der Waals surface area (Å²) in [6, 6.07) is 7.75. The number of benzene rings is 2. The van der Waals surface area contributed by atoms with Gasteiger partial charge >= 0.3 is 5.97 Å². The van der Waals surface area contributed by atoms with E-state index in [1.807, 2.05) is 0 Å². The fourth-order valence-electron chi connectivity index (χ4n) is 2.27. The van der Waals surface area contributed by atoms with Crippen molar-refractivity contribution < 1.29 is 27.4 Å². The van der Waals surface area contributed by atoms with Crippen LogP contribution in [0.15, 0.2) is 46.8 Å². The summed E-state index contributed by atoms with van der Waals surface area (Å²) in [6.07, 6.45) is 0. The van der Waals surface area contributed by atoms with Crippen molar-refractivity contribution in [3.05, 3.63) is 58.2 Å². The van der Waals surface area contributed by atoms with Gasteiger partial charge < -0.3 is 9.84 Å². The van der Waals surface area contributed by atoms with Crippen LogP contribution in [0.2, 0.25) is 5.02 Å². The highest BCUT2D eigenvalue weighted by Crippen LogP contribution is 2.34. The van der Waals surface area contributed by atoms with E-state index in [9.17, 15) is 17.6 Å². The summed E-state index contributed by atoms with van der Waals surface area (Å²) >= 11 is 6.99. The second-order valence-electron chi connectivity index (χ2n) is 5.44. The number of thiazole rings is 1. The zero-order valence-electron chi connectivity index (χ0n) is 14.1. The third-order valence-electron chi connectivity index (χ3n) is 3.61. The summed E-state index contributed by atoms with van der Waals surface area (Å²) in [6.45, 7) is 0. The zero-order chi connectivity index (χ0) is 20.5. The summed E-state index contributed by atoms with van der Waals surface area (Å²) < 4.78 is 45.7. The Bertz CT molecular complexity index is 1150. The number of nitrogens with one attached hydrogen (secondary N) is 1. The molecule has 7 nitrogen and oxygen atoms in total. The van der Waals surface area contributed by atoms with Gasteiger partial charge in [-0.3, -0.25) is 4.72 Å². The van der Waals surface area contributed by atoms with E-state index in [2.05, 4.69) is 9.71 Å². The van der Waals surface area contributed by atoms with Crippen LogP contribution in [0.4, 0.5) is 10.1 Å². The van der Waals surface area contributed by atoms with Crippen molar-refractivity contribution in [2.45, 2.75) is 5.03 Å². The molecule has 0 aliphatic heterocycles. The molecule has 11 heteroatoms. The first-order chi connectivity index (χ1) is 13.2. The van der Waals surface area contributed by atoms with Gasteiger partial charge in [0.15, 0.2) is 5.03 Å². The molecule has 0 saturated heterocycles. The third kappa shape index (κ3) is 4.08. The molecule has 1 heterocycles. The van der Waals surface area contributed by atoms with E-state index in [4.69, 9.17) is 21.4 Å². The molecule has 0 bridgehead atoms. The average molecular weight is 443 g/mol. The number of hydrogen-bond donors (Lipinski definition) is 2. The summed E-state index contributed by atoms with van der Waals surface area (Å²) in [7, 11) is -2.84. The van der Waals surface area contributed by atoms with Gasteiger partial charge in [0.25, 0.3) is 10.0 Å². The van der Waals surface area contributed by atoms with E-state index < -0.39 is 21.8 Å². The molecule has 3 aromatic rings. The molecule has 0 atom stereocenters. The van der Waals surface area contributed by atoms with Gasteiger partial charge in [0.05, 0.1) is 23.4 Å². The maximum absolute atomic E-state index is 13.0. The Balaban J connectivity index is 1.93. The number of ether oxygens (including phenoxy) is 1. The monoisotopic (exact) mass is 442 g/mol. The molecule has 2 N–H and O–H groups in total. The summed E-state index contributed by atoms with van der Waals surface area (Å²) in [4.78, 5) is 15.2. The van der Waals surface area contributed by atoms with E-state index in [-0.39, 0.29) is 27.0 Å². The van der Waals surface area contributed by atoms with Gasteiger partial charge in [0.1, 0.15) is 16.6 Å². The van der Waals surface area contributed by atoms with Gasteiger partial charge in [-0.2, -0.15) is 8.42 Å². The lowest BCUT2D eigenvalue weighted by atomic mass is 10.2. The highest BCUT2D eigenvalue weighted by atomic mass is 35.5. The first-order valence-electron chi connectivity index (χ1n) is 7.56. The van der Waals surface area contributed by atoms with Crippen molar-refractivity contribution in [3.63, 3.8) is 0 Å². The predicted molar refractivity (Wildman–Crippen MR) is 103 cm³/mol. The minimum atomic E-state index is -4.10. The van der Waals surface area contributed by atoms with E-state index in [1.165, 1.54) is 36.8 Å². The van der Waals surface area contributed by atoms with E-state index in [0.717, 1.165) is 23.5 Å². The molecule has 28 heavy (non-hydrogen) atoms. The SMILES string of the molecule is COc1cc(C(=O)O)c(Cl)cc1NS(=O)(=O)c1csc(-c2ccc(F)cc2)n1.